The molecule has 2 aromatic rings. The van der Waals surface area contributed by atoms with E-state index in [1.165, 1.54) is 6.21 Å². The van der Waals surface area contributed by atoms with E-state index < -0.39 is 0 Å². The Kier molecular flexibility index (Phi) is 3.42. The molecule has 0 saturated carbocycles. The third kappa shape index (κ3) is 2.51. The van der Waals surface area contributed by atoms with E-state index in [1.54, 1.807) is 48.8 Å². The Bertz CT molecular complexity index is 678. The van der Waals surface area contributed by atoms with Crippen molar-refractivity contribution in [1.29, 1.82) is 0 Å². The largest absolute Gasteiger partial charge is 0.373 e. The molecule has 1 aromatic carbocycles. The Morgan fingerprint density at radius 3 is 2.29 bits per heavy atom. The summed E-state index contributed by atoms with van der Waals surface area (Å²) < 4.78 is 0. The zero-order valence-corrected chi connectivity index (χ0v) is 11.0. The van der Waals surface area contributed by atoms with Crippen LogP contribution < -0.4 is 0 Å². The predicted molar refractivity (Wildman–Crippen MR) is 74.7 cm³/mol. The Morgan fingerprint density at radius 2 is 1.67 bits per heavy atom. The highest BCUT2D eigenvalue weighted by Crippen LogP contribution is 2.21. The number of aromatic nitrogens is 1. The van der Waals surface area contributed by atoms with Crippen LogP contribution in [0.2, 0.25) is 0 Å². The average Bonchev–Trinajstić information content (AvgIpc) is 2.77. The number of carbonyl (C=O) groups is 2. The Labute approximate surface area is 120 Å². The van der Waals surface area contributed by atoms with Gasteiger partial charge in [0.1, 0.15) is 0 Å². The van der Waals surface area contributed by atoms with Crippen LogP contribution in [0.25, 0.3) is 0 Å². The van der Waals surface area contributed by atoms with E-state index in [-0.39, 0.29) is 18.5 Å². The SMILES string of the molecule is O=C1c2ccccc2C(=O)N1CO/N=C/c1ccncc1. The first-order valence-corrected chi connectivity index (χ1v) is 6.28. The maximum absolute atomic E-state index is 12.0. The van der Waals surface area contributed by atoms with Crippen molar-refractivity contribution < 1.29 is 14.4 Å². The highest BCUT2D eigenvalue weighted by atomic mass is 16.6. The van der Waals surface area contributed by atoms with E-state index in [1.807, 2.05) is 0 Å². The monoisotopic (exact) mass is 281 g/mol. The Balaban J connectivity index is 1.64. The van der Waals surface area contributed by atoms with Crippen LogP contribution in [0.5, 0.6) is 0 Å². The first-order chi connectivity index (χ1) is 10.3. The molecule has 6 nitrogen and oxygen atoms in total. The third-order valence-electron chi connectivity index (χ3n) is 3.05. The van der Waals surface area contributed by atoms with Crippen LogP contribution in [0, 0.1) is 0 Å². The summed E-state index contributed by atoms with van der Waals surface area (Å²) in [6, 6.07) is 10.2. The lowest BCUT2D eigenvalue weighted by Crippen LogP contribution is -2.31. The van der Waals surface area contributed by atoms with Crippen molar-refractivity contribution in [3.63, 3.8) is 0 Å². The molecule has 104 valence electrons. The van der Waals surface area contributed by atoms with Gasteiger partial charge in [-0.15, -0.1) is 0 Å². The van der Waals surface area contributed by atoms with Gasteiger partial charge in [-0.05, 0) is 29.8 Å². The van der Waals surface area contributed by atoms with Gasteiger partial charge < -0.3 is 4.84 Å². The number of oxime groups is 1. The number of pyridine rings is 1. The number of imide groups is 1. The van der Waals surface area contributed by atoms with Gasteiger partial charge in [-0.1, -0.05) is 17.3 Å². The van der Waals surface area contributed by atoms with Gasteiger partial charge >= 0.3 is 0 Å². The summed E-state index contributed by atoms with van der Waals surface area (Å²) >= 11 is 0. The van der Waals surface area contributed by atoms with Crippen molar-refractivity contribution in [3.8, 4) is 0 Å². The lowest BCUT2D eigenvalue weighted by atomic mass is 10.1. The second-order valence-electron chi connectivity index (χ2n) is 4.36. The highest BCUT2D eigenvalue weighted by Gasteiger charge is 2.35. The number of fused-ring (bicyclic) bond motifs is 1. The van der Waals surface area contributed by atoms with Crippen molar-refractivity contribution >= 4 is 18.0 Å². The van der Waals surface area contributed by atoms with E-state index in [9.17, 15) is 9.59 Å². The topological polar surface area (TPSA) is 71.9 Å². The normalized spacial score (nSPS) is 13.8. The molecule has 3 rings (SSSR count). The maximum Gasteiger partial charge on any atom is 0.264 e. The minimum Gasteiger partial charge on any atom is -0.373 e. The van der Waals surface area contributed by atoms with Crippen LogP contribution in [0.1, 0.15) is 26.3 Å². The highest BCUT2D eigenvalue weighted by molar-refractivity contribution is 6.21. The first-order valence-electron chi connectivity index (χ1n) is 6.28. The molecule has 2 heterocycles. The minimum absolute atomic E-state index is 0.214. The van der Waals surface area contributed by atoms with Crippen molar-refractivity contribution in [2.75, 3.05) is 6.73 Å². The fourth-order valence-electron chi connectivity index (χ4n) is 2.00. The average molecular weight is 281 g/mol. The lowest BCUT2D eigenvalue weighted by Gasteiger charge is -2.11. The number of carbonyl (C=O) groups excluding carboxylic acids is 2. The van der Waals surface area contributed by atoms with Crippen LogP contribution in [-0.2, 0) is 4.84 Å². The van der Waals surface area contributed by atoms with E-state index in [2.05, 4.69) is 10.1 Å². The Morgan fingerprint density at radius 1 is 1.05 bits per heavy atom. The summed E-state index contributed by atoms with van der Waals surface area (Å²) in [6.45, 7) is -0.214. The molecule has 0 aliphatic carbocycles. The third-order valence-corrected chi connectivity index (χ3v) is 3.05. The summed E-state index contributed by atoms with van der Waals surface area (Å²) in [5.41, 5.74) is 1.60. The van der Waals surface area contributed by atoms with E-state index in [0.717, 1.165) is 10.5 Å². The molecule has 0 fully saturated rings. The van der Waals surface area contributed by atoms with Gasteiger partial charge in [0.25, 0.3) is 11.8 Å². The molecule has 0 radical (unpaired) electrons. The number of rotatable bonds is 4. The van der Waals surface area contributed by atoms with Crippen LogP contribution >= 0.6 is 0 Å². The fourth-order valence-corrected chi connectivity index (χ4v) is 2.00. The molecular weight excluding hydrogens is 270 g/mol. The first kappa shape index (κ1) is 13.0. The zero-order chi connectivity index (χ0) is 14.7. The number of amides is 2. The van der Waals surface area contributed by atoms with Crippen molar-refractivity contribution in [2.45, 2.75) is 0 Å². The second kappa shape index (κ2) is 5.54. The molecule has 1 aliphatic heterocycles. The molecule has 0 unspecified atom stereocenters. The molecular formula is C15H11N3O3. The van der Waals surface area contributed by atoms with E-state index in [4.69, 9.17) is 4.84 Å². The van der Waals surface area contributed by atoms with Gasteiger partial charge in [-0.2, -0.15) is 0 Å². The van der Waals surface area contributed by atoms with Gasteiger partial charge in [0.05, 0.1) is 17.3 Å². The van der Waals surface area contributed by atoms with E-state index >= 15 is 0 Å². The summed E-state index contributed by atoms with van der Waals surface area (Å²) in [7, 11) is 0. The molecule has 1 aromatic heterocycles. The van der Waals surface area contributed by atoms with Gasteiger partial charge in [-0.3, -0.25) is 14.6 Å². The Hall–Kier alpha value is -3.02. The van der Waals surface area contributed by atoms with Gasteiger partial charge in [0, 0.05) is 12.4 Å². The van der Waals surface area contributed by atoms with Crippen LogP contribution in [0.4, 0.5) is 0 Å². The molecule has 1 aliphatic rings. The molecule has 2 amide bonds. The molecule has 0 saturated heterocycles. The van der Waals surface area contributed by atoms with E-state index in [0.29, 0.717) is 11.1 Å². The van der Waals surface area contributed by atoms with Gasteiger partial charge in [0.15, 0.2) is 6.73 Å². The maximum atomic E-state index is 12.0. The number of nitrogens with zero attached hydrogens (tertiary/aromatic N) is 3. The molecule has 21 heavy (non-hydrogen) atoms. The molecule has 0 spiro atoms. The van der Waals surface area contributed by atoms with Crippen molar-refractivity contribution in [1.82, 2.24) is 9.88 Å². The lowest BCUT2D eigenvalue weighted by molar-refractivity contribution is 0.0278. The standard InChI is InChI=1S/C15H11N3O3/c19-14-12-3-1-2-4-13(12)15(20)18(14)10-21-17-9-11-5-7-16-8-6-11/h1-9H,10H2/b17-9+. The van der Waals surface area contributed by atoms with Crippen molar-refractivity contribution in [2.24, 2.45) is 5.16 Å². The smallest absolute Gasteiger partial charge is 0.264 e. The number of benzene rings is 1. The van der Waals surface area contributed by atoms with Crippen LogP contribution in [-0.4, -0.2) is 34.6 Å². The van der Waals surface area contributed by atoms with Gasteiger partial charge in [-0.25, -0.2) is 4.90 Å². The van der Waals surface area contributed by atoms with Crippen LogP contribution in [0.15, 0.2) is 53.9 Å². The van der Waals surface area contributed by atoms with Crippen LogP contribution in [0.3, 0.4) is 0 Å². The zero-order valence-electron chi connectivity index (χ0n) is 11.0. The number of hydrogen-bond donors (Lipinski definition) is 0. The summed E-state index contributed by atoms with van der Waals surface area (Å²) in [6.07, 6.45) is 4.75. The quantitative estimate of drug-likeness (QED) is 0.485. The summed E-state index contributed by atoms with van der Waals surface area (Å²) in [5.74, 6) is -0.732. The number of hydrogen-bond acceptors (Lipinski definition) is 5. The molecule has 0 bridgehead atoms. The second-order valence-corrected chi connectivity index (χ2v) is 4.36. The predicted octanol–water partition coefficient (Wildman–Crippen LogP) is 1.69. The minimum atomic E-state index is -0.366. The summed E-state index contributed by atoms with van der Waals surface area (Å²) in [4.78, 5) is 34.0. The fraction of sp³-hybridized carbons (Fsp3) is 0.0667. The van der Waals surface area contributed by atoms with Crippen molar-refractivity contribution in [3.05, 3.63) is 65.5 Å². The molecule has 6 heteroatoms. The molecule has 0 N–H and O–H groups in total. The van der Waals surface area contributed by atoms with Gasteiger partial charge in [0.2, 0.25) is 0 Å². The summed E-state index contributed by atoms with van der Waals surface area (Å²) in [5, 5.41) is 3.74. The molecule has 0 atom stereocenters.